The number of nitrogens with one attached hydrogen (secondary N) is 1. The molecular weight excluding hydrogens is 286 g/mol. The van der Waals surface area contributed by atoms with Crippen LogP contribution in [0.1, 0.15) is 12.0 Å². The Labute approximate surface area is 129 Å². The first kappa shape index (κ1) is 17.6. The number of benzene rings is 1. The summed E-state index contributed by atoms with van der Waals surface area (Å²) in [7, 11) is 1.59. The maximum atomic E-state index is 11.7. The molecule has 0 aliphatic heterocycles. The number of carbonyl (C=O) groups is 3. The Morgan fingerprint density at radius 2 is 2.00 bits per heavy atom. The van der Waals surface area contributed by atoms with Crippen LogP contribution in [-0.4, -0.2) is 49.9 Å². The lowest BCUT2D eigenvalue weighted by atomic mass is 10.1. The number of rotatable bonds is 8. The smallest absolute Gasteiger partial charge is 0.318 e. The third kappa shape index (κ3) is 5.53. The molecule has 22 heavy (non-hydrogen) atoms. The summed E-state index contributed by atoms with van der Waals surface area (Å²) in [6.45, 7) is 0.794. The number of nitrogens with two attached hydrogens (primary N) is 1. The van der Waals surface area contributed by atoms with Crippen LogP contribution in [0.5, 0.6) is 5.75 Å². The quantitative estimate of drug-likeness (QED) is 0.506. The van der Waals surface area contributed by atoms with Crippen LogP contribution in [0.25, 0.3) is 0 Å². The normalized spacial score (nSPS) is 9.91. The highest BCUT2D eigenvalue weighted by atomic mass is 16.5. The van der Waals surface area contributed by atoms with E-state index in [1.807, 2.05) is 24.3 Å². The standard InChI is InChI=1S/C15H21N3O4/c1-22-13-5-3-12(4-6-13)7-9-17-14(20)15(21)18(11-19)10-2-8-16/h3-6,11H,2,7-10,16H2,1H3,(H,17,20). The summed E-state index contributed by atoms with van der Waals surface area (Å²) in [5.74, 6) is -0.902. The van der Waals surface area contributed by atoms with Crippen molar-refractivity contribution in [2.75, 3.05) is 26.7 Å². The minimum Gasteiger partial charge on any atom is -0.497 e. The fourth-order valence-corrected chi connectivity index (χ4v) is 1.78. The molecule has 1 aromatic rings. The molecule has 0 aliphatic carbocycles. The zero-order valence-electron chi connectivity index (χ0n) is 12.6. The molecule has 7 nitrogen and oxygen atoms in total. The summed E-state index contributed by atoms with van der Waals surface area (Å²) in [5, 5.41) is 2.50. The van der Waals surface area contributed by atoms with E-state index in [0.29, 0.717) is 32.3 Å². The van der Waals surface area contributed by atoms with Gasteiger partial charge in [0.05, 0.1) is 7.11 Å². The summed E-state index contributed by atoms with van der Waals surface area (Å²) in [4.78, 5) is 35.0. The van der Waals surface area contributed by atoms with Crippen LogP contribution in [0.2, 0.25) is 0 Å². The van der Waals surface area contributed by atoms with Crippen molar-refractivity contribution in [3.05, 3.63) is 29.8 Å². The molecule has 0 aromatic heterocycles. The Kier molecular flexibility index (Phi) is 7.63. The monoisotopic (exact) mass is 307 g/mol. The van der Waals surface area contributed by atoms with Crippen molar-refractivity contribution in [3.63, 3.8) is 0 Å². The average Bonchev–Trinajstić information content (AvgIpc) is 2.55. The van der Waals surface area contributed by atoms with Crippen LogP contribution < -0.4 is 15.8 Å². The van der Waals surface area contributed by atoms with E-state index in [9.17, 15) is 14.4 Å². The molecule has 7 heteroatoms. The first-order chi connectivity index (χ1) is 10.6. The van der Waals surface area contributed by atoms with E-state index in [0.717, 1.165) is 16.2 Å². The zero-order valence-corrected chi connectivity index (χ0v) is 12.6. The Hall–Kier alpha value is -2.41. The lowest BCUT2D eigenvalue weighted by molar-refractivity contribution is -0.148. The number of carbonyl (C=O) groups excluding carboxylic acids is 3. The molecule has 0 fully saturated rings. The number of ether oxygens (including phenoxy) is 1. The highest BCUT2D eigenvalue weighted by Crippen LogP contribution is 2.11. The van der Waals surface area contributed by atoms with Crippen molar-refractivity contribution in [2.45, 2.75) is 12.8 Å². The van der Waals surface area contributed by atoms with Crippen LogP contribution in [0, 0.1) is 0 Å². The van der Waals surface area contributed by atoms with Crippen LogP contribution in [0.15, 0.2) is 24.3 Å². The van der Waals surface area contributed by atoms with Crippen LogP contribution in [0.4, 0.5) is 0 Å². The Morgan fingerprint density at radius 1 is 1.32 bits per heavy atom. The number of hydrogen-bond acceptors (Lipinski definition) is 5. The summed E-state index contributed by atoms with van der Waals surface area (Å²) < 4.78 is 5.05. The number of methoxy groups -OCH3 is 1. The maximum Gasteiger partial charge on any atom is 0.318 e. The second-order valence-electron chi connectivity index (χ2n) is 4.60. The predicted octanol–water partition coefficient (Wildman–Crippen LogP) is -0.312. The van der Waals surface area contributed by atoms with Gasteiger partial charge in [-0.2, -0.15) is 0 Å². The fourth-order valence-electron chi connectivity index (χ4n) is 1.78. The third-order valence-electron chi connectivity index (χ3n) is 3.04. The van der Waals surface area contributed by atoms with Crippen LogP contribution >= 0.6 is 0 Å². The molecule has 3 amide bonds. The van der Waals surface area contributed by atoms with Gasteiger partial charge in [0.25, 0.3) is 0 Å². The van der Waals surface area contributed by atoms with Gasteiger partial charge in [-0.15, -0.1) is 0 Å². The number of nitrogens with zero attached hydrogens (tertiary/aromatic N) is 1. The fraction of sp³-hybridized carbons (Fsp3) is 0.400. The Balaban J connectivity index is 2.40. The molecule has 0 saturated heterocycles. The predicted molar refractivity (Wildman–Crippen MR) is 81.2 cm³/mol. The summed E-state index contributed by atoms with van der Waals surface area (Å²) in [5.41, 5.74) is 6.31. The van der Waals surface area contributed by atoms with Gasteiger partial charge in [-0.3, -0.25) is 19.3 Å². The van der Waals surface area contributed by atoms with E-state index in [1.54, 1.807) is 7.11 Å². The van der Waals surface area contributed by atoms with Crippen molar-refractivity contribution in [1.82, 2.24) is 10.2 Å². The van der Waals surface area contributed by atoms with Gasteiger partial charge in [0.15, 0.2) is 0 Å². The summed E-state index contributed by atoms with van der Waals surface area (Å²) in [6.07, 6.45) is 1.39. The van der Waals surface area contributed by atoms with Gasteiger partial charge in [0.1, 0.15) is 5.75 Å². The lowest BCUT2D eigenvalue weighted by Crippen LogP contribution is -2.43. The van der Waals surface area contributed by atoms with E-state index in [4.69, 9.17) is 10.5 Å². The Morgan fingerprint density at radius 3 is 2.55 bits per heavy atom. The molecule has 0 atom stereocenters. The van der Waals surface area contributed by atoms with Crippen LogP contribution in [0.3, 0.4) is 0 Å². The lowest BCUT2D eigenvalue weighted by Gasteiger charge is -2.14. The highest BCUT2D eigenvalue weighted by Gasteiger charge is 2.20. The van der Waals surface area contributed by atoms with Crippen LogP contribution in [-0.2, 0) is 20.8 Å². The molecule has 0 bridgehead atoms. The largest absolute Gasteiger partial charge is 0.497 e. The molecule has 120 valence electrons. The van der Waals surface area contributed by atoms with Gasteiger partial charge < -0.3 is 15.8 Å². The molecular formula is C15H21N3O4. The maximum absolute atomic E-state index is 11.7. The van der Waals surface area contributed by atoms with E-state index < -0.39 is 11.8 Å². The molecule has 0 radical (unpaired) electrons. The van der Waals surface area contributed by atoms with Gasteiger partial charge in [-0.25, -0.2) is 0 Å². The molecule has 0 heterocycles. The molecule has 0 unspecified atom stereocenters. The molecule has 1 aromatic carbocycles. The number of amides is 3. The molecule has 0 saturated carbocycles. The van der Waals surface area contributed by atoms with Crippen molar-refractivity contribution in [3.8, 4) is 5.75 Å². The first-order valence-electron chi connectivity index (χ1n) is 6.99. The van der Waals surface area contributed by atoms with Gasteiger partial charge in [-0.05, 0) is 37.1 Å². The molecule has 0 aliphatic rings. The summed E-state index contributed by atoms with van der Waals surface area (Å²) >= 11 is 0. The minimum absolute atomic E-state index is 0.144. The average molecular weight is 307 g/mol. The number of hydrogen-bond donors (Lipinski definition) is 2. The zero-order chi connectivity index (χ0) is 16.4. The third-order valence-corrected chi connectivity index (χ3v) is 3.04. The van der Waals surface area contributed by atoms with Crippen molar-refractivity contribution < 1.29 is 19.1 Å². The highest BCUT2D eigenvalue weighted by molar-refractivity contribution is 6.36. The second-order valence-corrected chi connectivity index (χ2v) is 4.60. The van der Waals surface area contributed by atoms with E-state index >= 15 is 0 Å². The number of imide groups is 1. The van der Waals surface area contributed by atoms with Gasteiger partial charge in [0.2, 0.25) is 6.41 Å². The van der Waals surface area contributed by atoms with Gasteiger partial charge in [-0.1, -0.05) is 12.1 Å². The molecule has 3 N–H and O–H groups in total. The topological polar surface area (TPSA) is 102 Å². The minimum atomic E-state index is -0.863. The van der Waals surface area contributed by atoms with E-state index in [2.05, 4.69) is 5.32 Å². The van der Waals surface area contributed by atoms with Gasteiger partial charge >= 0.3 is 11.8 Å². The second kappa shape index (κ2) is 9.51. The first-order valence-corrected chi connectivity index (χ1v) is 6.99. The van der Waals surface area contributed by atoms with E-state index in [1.165, 1.54) is 0 Å². The summed E-state index contributed by atoms with van der Waals surface area (Å²) in [6, 6.07) is 7.41. The van der Waals surface area contributed by atoms with Gasteiger partial charge in [0, 0.05) is 13.1 Å². The van der Waals surface area contributed by atoms with Crippen molar-refractivity contribution in [2.24, 2.45) is 5.73 Å². The Bertz CT molecular complexity index is 502. The molecule has 0 spiro atoms. The molecule has 1 rings (SSSR count). The SMILES string of the molecule is COc1ccc(CCNC(=O)C(=O)N(C=O)CCCN)cc1. The van der Waals surface area contributed by atoms with Crippen molar-refractivity contribution in [1.29, 1.82) is 0 Å². The van der Waals surface area contributed by atoms with Crippen molar-refractivity contribution >= 4 is 18.2 Å². The van der Waals surface area contributed by atoms with E-state index in [-0.39, 0.29) is 6.54 Å².